The quantitative estimate of drug-likeness (QED) is 0.589. The standard InChI is InChI=1S/C15H17NO6/c1-21-13(18)8-7-12(15(20)22-2)16-14(19)11-5-3-10(9-17)4-6-11/h3-6,9,12H,7-8H2,1-2H3,(H,16,19)/t12-/m1/s1. The maximum absolute atomic E-state index is 12.1. The molecule has 1 atom stereocenters. The molecule has 0 saturated carbocycles. The van der Waals surface area contributed by atoms with Crippen LogP contribution in [0.15, 0.2) is 24.3 Å². The molecule has 0 aliphatic rings. The number of methoxy groups -OCH3 is 2. The van der Waals surface area contributed by atoms with Crippen molar-refractivity contribution in [3.63, 3.8) is 0 Å². The van der Waals surface area contributed by atoms with Crippen LogP contribution in [0.3, 0.4) is 0 Å². The van der Waals surface area contributed by atoms with E-state index in [4.69, 9.17) is 0 Å². The number of esters is 2. The topological polar surface area (TPSA) is 98.8 Å². The molecule has 0 aliphatic carbocycles. The van der Waals surface area contributed by atoms with Crippen molar-refractivity contribution in [2.24, 2.45) is 0 Å². The Hall–Kier alpha value is -2.70. The molecule has 0 bridgehead atoms. The first-order chi connectivity index (χ1) is 10.5. The van der Waals surface area contributed by atoms with Crippen LogP contribution in [-0.4, -0.2) is 44.4 Å². The summed E-state index contributed by atoms with van der Waals surface area (Å²) in [5.41, 5.74) is 0.726. The lowest BCUT2D eigenvalue weighted by molar-refractivity contribution is -0.144. The van der Waals surface area contributed by atoms with Crippen molar-refractivity contribution in [1.82, 2.24) is 5.32 Å². The number of aldehydes is 1. The molecular formula is C15H17NO6. The number of benzene rings is 1. The predicted molar refractivity (Wildman–Crippen MR) is 76.3 cm³/mol. The lowest BCUT2D eigenvalue weighted by atomic mass is 10.1. The molecule has 1 rings (SSSR count). The van der Waals surface area contributed by atoms with Gasteiger partial charge in [0.05, 0.1) is 14.2 Å². The van der Waals surface area contributed by atoms with E-state index < -0.39 is 23.9 Å². The molecule has 1 N–H and O–H groups in total. The van der Waals surface area contributed by atoms with Gasteiger partial charge in [-0.2, -0.15) is 0 Å². The number of carbonyl (C=O) groups is 4. The highest BCUT2D eigenvalue weighted by molar-refractivity contribution is 5.97. The van der Waals surface area contributed by atoms with E-state index in [1.54, 1.807) is 0 Å². The molecule has 22 heavy (non-hydrogen) atoms. The van der Waals surface area contributed by atoms with E-state index in [0.29, 0.717) is 11.8 Å². The Labute approximate surface area is 127 Å². The number of amides is 1. The zero-order valence-electron chi connectivity index (χ0n) is 12.3. The van der Waals surface area contributed by atoms with E-state index in [1.165, 1.54) is 38.5 Å². The molecule has 0 aliphatic heterocycles. The summed E-state index contributed by atoms with van der Waals surface area (Å²) in [4.78, 5) is 45.4. The molecular weight excluding hydrogens is 290 g/mol. The van der Waals surface area contributed by atoms with Crippen LogP contribution in [0, 0.1) is 0 Å². The van der Waals surface area contributed by atoms with E-state index in [0.717, 1.165) is 0 Å². The van der Waals surface area contributed by atoms with Crippen LogP contribution in [0.2, 0.25) is 0 Å². The van der Waals surface area contributed by atoms with Gasteiger partial charge in [-0.05, 0) is 18.6 Å². The van der Waals surface area contributed by atoms with Crippen molar-refractivity contribution in [1.29, 1.82) is 0 Å². The molecule has 1 aromatic rings. The molecule has 0 heterocycles. The zero-order valence-corrected chi connectivity index (χ0v) is 12.3. The van der Waals surface area contributed by atoms with Gasteiger partial charge < -0.3 is 14.8 Å². The van der Waals surface area contributed by atoms with Crippen LogP contribution in [0.4, 0.5) is 0 Å². The Kier molecular flexibility index (Phi) is 6.75. The second-order valence-corrected chi connectivity index (χ2v) is 4.40. The summed E-state index contributed by atoms with van der Waals surface area (Å²) in [5, 5.41) is 2.49. The number of rotatable bonds is 7. The smallest absolute Gasteiger partial charge is 0.328 e. The molecule has 0 aromatic heterocycles. The highest BCUT2D eigenvalue weighted by atomic mass is 16.5. The molecule has 7 nitrogen and oxygen atoms in total. The van der Waals surface area contributed by atoms with Crippen molar-refractivity contribution in [2.75, 3.05) is 14.2 Å². The third-order valence-electron chi connectivity index (χ3n) is 2.96. The van der Waals surface area contributed by atoms with Crippen molar-refractivity contribution in [3.05, 3.63) is 35.4 Å². The van der Waals surface area contributed by atoms with Gasteiger partial charge in [0.1, 0.15) is 12.3 Å². The fraction of sp³-hybridized carbons (Fsp3) is 0.333. The largest absolute Gasteiger partial charge is 0.469 e. The molecule has 1 aromatic carbocycles. The highest BCUT2D eigenvalue weighted by Gasteiger charge is 2.23. The summed E-state index contributed by atoms with van der Waals surface area (Å²) >= 11 is 0. The van der Waals surface area contributed by atoms with Gasteiger partial charge in [-0.3, -0.25) is 14.4 Å². The van der Waals surface area contributed by atoms with Gasteiger partial charge in [0.2, 0.25) is 0 Å². The van der Waals surface area contributed by atoms with Gasteiger partial charge in [-0.1, -0.05) is 12.1 Å². The van der Waals surface area contributed by atoms with Crippen LogP contribution in [-0.2, 0) is 19.1 Å². The maximum atomic E-state index is 12.1. The van der Waals surface area contributed by atoms with E-state index in [1.807, 2.05) is 0 Å². The molecule has 0 spiro atoms. The fourth-order valence-corrected chi connectivity index (χ4v) is 1.71. The molecule has 118 valence electrons. The van der Waals surface area contributed by atoms with Crippen molar-refractivity contribution >= 4 is 24.1 Å². The van der Waals surface area contributed by atoms with Crippen LogP contribution >= 0.6 is 0 Å². The monoisotopic (exact) mass is 307 g/mol. The average Bonchev–Trinajstić information content (AvgIpc) is 2.57. The Morgan fingerprint density at radius 1 is 1.14 bits per heavy atom. The molecule has 0 fully saturated rings. The Balaban J connectivity index is 2.74. The second kappa shape index (κ2) is 8.56. The first kappa shape index (κ1) is 17.4. The lowest BCUT2D eigenvalue weighted by Gasteiger charge is -2.16. The molecule has 0 radical (unpaired) electrons. The zero-order chi connectivity index (χ0) is 16.5. The molecule has 7 heteroatoms. The van der Waals surface area contributed by atoms with Crippen molar-refractivity contribution in [2.45, 2.75) is 18.9 Å². The number of ether oxygens (including phenoxy) is 2. The van der Waals surface area contributed by atoms with Gasteiger partial charge in [0, 0.05) is 17.5 Å². The van der Waals surface area contributed by atoms with Crippen LogP contribution in [0.5, 0.6) is 0 Å². The van der Waals surface area contributed by atoms with Crippen molar-refractivity contribution < 1.29 is 28.7 Å². The lowest BCUT2D eigenvalue weighted by Crippen LogP contribution is -2.41. The Bertz CT molecular complexity index is 552. The fourth-order valence-electron chi connectivity index (χ4n) is 1.71. The average molecular weight is 307 g/mol. The third-order valence-corrected chi connectivity index (χ3v) is 2.96. The number of hydrogen-bond donors (Lipinski definition) is 1. The summed E-state index contributed by atoms with van der Waals surface area (Å²) in [7, 11) is 2.43. The van der Waals surface area contributed by atoms with E-state index in [2.05, 4.69) is 14.8 Å². The maximum Gasteiger partial charge on any atom is 0.328 e. The summed E-state index contributed by atoms with van der Waals surface area (Å²) in [6.45, 7) is 0. The highest BCUT2D eigenvalue weighted by Crippen LogP contribution is 2.06. The van der Waals surface area contributed by atoms with Gasteiger partial charge in [-0.15, -0.1) is 0 Å². The van der Waals surface area contributed by atoms with Crippen LogP contribution in [0.1, 0.15) is 33.6 Å². The predicted octanol–water partition coefficient (Wildman–Crippen LogP) is 0.724. The van der Waals surface area contributed by atoms with E-state index >= 15 is 0 Å². The Morgan fingerprint density at radius 2 is 1.77 bits per heavy atom. The molecule has 1 amide bonds. The summed E-state index contributed by atoms with van der Waals surface area (Å²) in [5.74, 6) is -1.64. The number of nitrogens with one attached hydrogen (secondary N) is 1. The van der Waals surface area contributed by atoms with Gasteiger partial charge >= 0.3 is 11.9 Å². The van der Waals surface area contributed by atoms with Gasteiger partial charge in [-0.25, -0.2) is 4.79 Å². The van der Waals surface area contributed by atoms with Gasteiger partial charge in [0.25, 0.3) is 5.91 Å². The second-order valence-electron chi connectivity index (χ2n) is 4.40. The van der Waals surface area contributed by atoms with Crippen molar-refractivity contribution in [3.8, 4) is 0 Å². The SMILES string of the molecule is COC(=O)CC[C@@H](NC(=O)c1ccc(C=O)cc1)C(=O)OC. The normalized spacial score (nSPS) is 11.2. The molecule has 0 saturated heterocycles. The van der Waals surface area contributed by atoms with Gasteiger partial charge in [0.15, 0.2) is 0 Å². The summed E-state index contributed by atoms with van der Waals surface area (Å²) < 4.78 is 9.09. The Morgan fingerprint density at radius 3 is 2.27 bits per heavy atom. The molecule has 0 unspecified atom stereocenters. The minimum atomic E-state index is -0.956. The van der Waals surface area contributed by atoms with E-state index in [-0.39, 0.29) is 18.4 Å². The first-order valence-corrected chi connectivity index (χ1v) is 6.52. The number of carbonyl (C=O) groups excluding carboxylic acids is 4. The third kappa shape index (κ3) is 5.01. The van der Waals surface area contributed by atoms with Crippen LogP contribution < -0.4 is 5.32 Å². The first-order valence-electron chi connectivity index (χ1n) is 6.52. The van der Waals surface area contributed by atoms with E-state index in [9.17, 15) is 19.2 Å². The minimum Gasteiger partial charge on any atom is -0.469 e. The minimum absolute atomic E-state index is 0.0272. The number of hydrogen-bond acceptors (Lipinski definition) is 6. The van der Waals surface area contributed by atoms with Crippen LogP contribution in [0.25, 0.3) is 0 Å². The summed E-state index contributed by atoms with van der Waals surface area (Å²) in [6, 6.07) is 4.95. The summed E-state index contributed by atoms with van der Waals surface area (Å²) in [6.07, 6.45) is 0.702.